The average Bonchev–Trinajstić information content (AvgIpc) is 2.41. The van der Waals surface area contributed by atoms with E-state index in [0.29, 0.717) is 5.56 Å². The fourth-order valence-electron chi connectivity index (χ4n) is 2.11. The van der Waals surface area contributed by atoms with E-state index in [9.17, 15) is 13.2 Å². The third kappa shape index (κ3) is 2.08. The fraction of sp³-hybridized carbons (Fsp3) is 0. The van der Waals surface area contributed by atoms with Crippen LogP contribution in [0.3, 0.4) is 0 Å². The molecule has 0 aromatic heterocycles. The second-order valence-corrected chi connectivity index (χ2v) is 4.31. The van der Waals surface area contributed by atoms with Gasteiger partial charge in [0, 0.05) is 5.56 Å². The summed E-state index contributed by atoms with van der Waals surface area (Å²) >= 11 is 0. The van der Waals surface area contributed by atoms with Crippen molar-refractivity contribution in [3.63, 3.8) is 0 Å². The molecule has 3 aromatic rings. The number of fused-ring (bicyclic) bond motifs is 1. The van der Waals surface area contributed by atoms with E-state index in [4.69, 9.17) is 0 Å². The first kappa shape index (κ1) is 11.8. The van der Waals surface area contributed by atoms with Crippen LogP contribution in [0.2, 0.25) is 0 Å². The molecule has 0 N–H and O–H groups in total. The van der Waals surface area contributed by atoms with Crippen molar-refractivity contribution in [3.8, 4) is 11.1 Å². The highest BCUT2D eigenvalue weighted by Crippen LogP contribution is 2.27. The molecule has 0 saturated heterocycles. The van der Waals surface area contributed by atoms with Gasteiger partial charge in [0.05, 0.1) is 0 Å². The molecule has 3 rings (SSSR count). The van der Waals surface area contributed by atoms with E-state index in [1.54, 1.807) is 24.3 Å². The molecule has 0 atom stereocenters. The van der Waals surface area contributed by atoms with Gasteiger partial charge in [-0.1, -0.05) is 30.3 Å². The maximum absolute atomic E-state index is 13.7. The van der Waals surface area contributed by atoms with Gasteiger partial charge in [0.15, 0.2) is 11.6 Å². The molecule has 3 heteroatoms. The van der Waals surface area contributed by atoms with E-state index in [2.05, 4.69) is 0 Å². The van der Waals surface area contributed by atoms with Crippen LogP contribution in [-0.2, 0) is 0 Å². The molecule has 0 nitrogen and oxygen atoms in total. The van der Waals surface area contributed by atoms with Crippen molar-refractivity contribution in [2.75, 3.05) is 0 Å². The van der Waals surface area contributed by atoms with Gasteiger partial charge < -0.3 is 0 Å². The molecule has 3 aromatic carbocycles. The van der Waals surface area contributed by atoms with Gasteiger partial charge in [-0.3, -0.25) is 0 Å². The van der Waals surface area contributed by atoms with Crippen LogP contribution in [0, 0.1) is 17.5 Å². The lowest BCUT2D eigenvalue weighted by atomic mass is 10.0. The summed E-state index contributed by atoms with van der Waals surface area (Å²) in [4.78, 5) is 0. The van der Waals surface area contributed by atoms with Gasteiger partial charge in [0.25, 0.3) is 0 Å². The fourth-order valence-corrected chi connectivity index (χ4v) is 2.11. The predicted octanol–water partition coefficient (Wildman–Crippen LogP) is 4.92. The Bertz CT molecular complexity index is 763. The number of benzene rings is 3. The monoisotopic (exact) mass is 258 g/mol. The van der Waals surface area contributed by atoms with E-state index in [1.165, 1.54) is 24.3 Å². The SMILES string of the molecule is Fc1ccc2cc(-c3cccc(F)c3F)ccc2c1. The summed E-state index contributed by atoms with van der Waals surface area (Å²) in [5.41, 5.74) is 0.766. The molecule has 0 aliphatic carbocycles. The van der Waals surface area contributed by atoms with Crippen molar-refractivity contribution in [1.82, 2.24) is 0 Å². The minimum absolute atomic E-state index is 0.200. The third-order valence-corrected chi connectivity index (χ3v) is 3.06. The van der Waals surface area contributed by atoms with Crippen LogP contribution in [0.5, 0.6) is 0 Å². The Kier molecular flexibility index (Phi) is 2.75. The molecule has 0 spiro atoms. The second kappa shape index (κ2) is 4.43. The topological polar surface area (TPSA) is 0 Å². The summed E-state index contributed by atoms with van der Waals surface area (Å²) in [6, 6.07) is 13.5. The summed E-state index contributed by atoms with van der Waals surface area (Å²) in [5, 5.41) is 1.50. The smallest absolute Gasteiger partial charge is 0.166 e. The largest absolute Gasteiger partial charge is 0.207 e. The highest BCUT2D eigenvalue weighted by Gasteiger charge is 2.10. The Morgan fingerprint density at radius 2 is 1.42 bits per heavy atom. The zero-order valence-electron chi connectivity index (χ0n) is 9.83. The van der Waals surface area contributed by atoms with Crippen molar-refractivity contribution >= 4 is 10.8 Å². The minimum Gasteiger partial charge on any atom is -0.207 e. The van der Waals surface area contributed by atoms with Crippen LogP contribution >= 0.6 is 0 Å². The van der Waals surface area contributed by atoms with Crippen LogP contribution in [-0.4, -0.2) is 0 Å². The molecule has 0 fully saturated rings. The summed E-state index contributed by atoms with van der Waals surface area (Å²) in [5.74, 6) is -2.07. The van der Waals surface area contributed by atoms with Crippen molar-refractivity contribution < 1.29 is 13.2 Å². The van der Waals surface area contributed by atoms with Gasteiger partial charge >= 0.3 is 0 Å². The molecule has 0 aliphatic heterocycles. The summed E-state index contributed by atoms with van der Waals surface area (Å²) in [6.07, 6.45) is 0. The van der Waals surface area contributed by atoms with Gasteiger partial charge in [0.1, 0.15) is 5.82 Å². The number of hydrogen-bond acceptors (Lipinski definition) is 0. The summed E-state index contributed by atoms with van der Waals surface area (Å²) in [6.45, 7) is 0. The first-order valence-electron chi connectivity index (χ1n) is 5.79. The van der Waals surface area contributed by atoms with Gasteiger partial charge in [-0.2, -0.15) is 0 Å². The van der Waals surface area contributed by atoms with Crippen molar-refractivity contribution in [2.45, 2.75) is 0 Å². The zero-order chi connectivity index (χ0) is 13.4. The molecule has 0 amide bonds. The van der Waals surface area contributed by atoms with E-state index >= 15 is 0 Å². The molecular formula is C16H9F3. The van der Waals surface area contributed by atoms with E-state index in [-0.39, 0.29) is 11.4 Å². The van der Waals surface area contributed by atoms with Crippen LogP contribution in [0.4, 0.5) is 13.2 Å². The first-order valence-corrected chi connectivity index (χ1v) is 5.79. The highest BCUT2D eigenvalue weighted by molar-refractivity contribution is 5.87. The molecule has 0 saturated carbocycles. The van der Waals surface area contributed by atoms with Crippen LogP contribution in [0.15, 0.2) is 54.6 Å². The normalized spacial score (nSPS) is 10.9. The van der Waals surface area contributed by atoms with Gasteiger partial charge in [0.2, 0.25) is 0 Å². The molecular weight excluding hydrogens is 249 g/mol. The highest BCUT2D eigenvalue weighted by atomic mass is 19.2. The average molecular weight is 258 g/mol. The minimum atomic E-state index is -0.878. The number of hydrogen-bond donors (Lipinski definition) is 0. The molecule has 0 unspecified atom stereocenters. The lowest BCUT2D eigenvalue weighted by molar-refractivity contribution is 0.511. The van der Waals surface area contributed by atoms with E-state index in [0.717, 1.165) is 16.8 Å². The molecule has 0 aliphatic rings. The lowest BCUT2D eigenvalue weighted by Gasteiger charge is -2.06. The van der Waals surface area contributed by atoms with Crippen LogP contribution in [0.1, 0.15) is 0 Å². The number of halogens is 3. The Morgan fingerprint density at radius 3 is 2.26 bits per heavy atom. The van der Waals surface area contributed by atoms with Crippen molar-refractivity contribution in [2.24, 2.45) is 0 Å². The van der Waals surface area contributed by atoms with Gasteiger partial charge in [-0.25, -0.2) is 13.2 Å². The van der Waals surface area contributed by atoms with Crippen LogP contribution < -0.4 is 0 Å². The predicted molar refractivity (Wildman–Crippen MR) is 69.3 cm³/mol. The van der Waals surface area contributed by atoms with Crippen molar-refractivity contribution in [1.29, 1.82) is 0 Å². The summed E-state index contributed by atoms with van der Waals surface area (Å²) < 4.78 is 40.0. The van der Waals surface area contributed by atoms with Crippen molar-refractivity contribution in [3.05, 3.63) is 72.0 Å². The third-order valence-electron chi connectivity index (χ3n) is 3.06. The van der Waals surface area contributed by atoms with Gasteiger partial charge in [-0.05, 0) is 40.6 Å². The maximum atomic E-state index is 13.7. The molecule has 0 bridgehead atoms. The Hall–Kier alpha value is -2.29. The standard InChI is InChI=1S/C16H9F3/c17-13-7-6-10-8-12(5-4-11(10)9-13)14-2-1-3-15(18)16(14)19/h1-9H. The van der Waals surface area contributed by atoms with E-state index < -0.39 is 11.6 Å². The Balaban J connectivity index is 2.20. The molecule has 0 heterocycles. The number of rotatable bonds is 1. The molecule has 19 heavy (non-hydrogen) atoms. The molecule has 0 radical (unpaired) electrons. The Labute approximate surface area is 108 Å². The second-order valence-electron chi connectivity index (χ2n) is 4.31. The molecule has 94 valence electrons. The van der Waals surface area contributed by atoms with Crippen LogP contribution in [0.25, 0.3) is 21.9 Å². The quantitative estimate of drug-likeness (QED) is 0.581. The Morgan fingerprint density at radius 1 is 0.684 bits per heavy atom. The van der Waals surface area contributed by atoms with E-state index in [1.807, 2.05) is 0 Å². The van der Waals surface area contributed by atoms with Gasteiger partial charge in [-0.15, -0.1) is 0 Å². The zero-order valence-corrected chi connectivity index (χ0v) is 9.83. The maximum Gasteiger partial charge on any atom is 0.166 e. The lowest BCUT2D eigenvalue weighted by Crippen LogP contribution is -1.89. The first-order chi connectivity index (χ1) is 9.15. The summed E-state index contributed by atoms with van der Waals surface area (Å²) in [7, 11) is 0.